The molecule has 0 aromatic heterocycles. The van der Waals surface area contributed by atoms with E-state index in [1.54, 1.807) is 0 Å². The normalized spacial score (nSPS) is 23.3. The van der Waals surface area contributed by atoms with Crippen LogP contribution in [0.1, 0.15) is 13.3 Å². The Morgan fingerprint density at radius 2 is 2.00 bits per heavy atom. The predicted molar refractivity (Wildman–Crippen MR) is 55.4 cm³/mol. The zero-order chi connectivity index (χ0) is 14.1. The summed E-state index contributed by atoms with van der Waals surface area (Å²) in [5.41, 5.74) is 0. The maximum Gasteiger partial charge on any atom is 0.383 e. The second-order valence-corrected chi connectivity index (χ2v) is 6.30. The molecule has 1 heterocycles. The minimum Gasteiger partial charge on any atom is -0.334 e. The maximum atomic E-state index is 12.9. The molecule has 1 saturated heterocycles. The van der Waals surface area contributed by atoms with E-state index in [9.17, 15) is 30.8 Å². The highest BCUT2D eigenvalue weighted by Crippen LogP contribution is 2.28. The molecule has 1 fully saturated rings. The van der Waals surface area contributed by atoms with E-state index in [-0.39, 0.29) is 18.7 Å². The van der Waals surface area contributed by atoms with Crippen molar-refractivity contribution in [2.45, 2.75) is 31.7 Å². The third-order valence-electron chi connectivity index (χ3n) is 2.81. The van der Waals surface area contributed by atoms with Crippen molar-refractivity contribution >= 4 is 15.7 Å². The van der Waals surface area contributed by atoms with Gasteiger partial charge in [0.25, 0.3) is 5.91 Å². The summed E-state index contributed by atoms with van der Waals surface area (Å²) < 4.78 is 72.4. The average molecular weight is 291 g/mol. The van der Waals surface area contributed by atoms with Crippen LogP contribution in [-0.2, 0) is 14.6 Å². The van der Waals surface area contributed by atoms with Gasteiger partial charge in [0, 0.05) is 12.6 Å². The number of hydrogen-bond donors (Lipinski definition) is 0. The topological polar surface area (TPSA) is 54.5 Å². The molecule has 1 amide bonds. The zero-order valence-electron chi connectivity index (χ0n) is 9.58. The number of carbonyl (C=O) groups excluding carboxylic acids is 1. The molecule has 1 aliphatic rings. The Kier molecular flexibility index (Phi) is 4.24. The van der Waals surface area contributed by atoms with Crippen molar-refractivity contribution in [1.29, 1.82) is 0 Å². The summed E-state index contributed by atoms with van der Waals surface area (Å²) in [6, 6.07) is -0.947. The van der Waals surface area contributed by atoms with E-state index in [0.29, 0.717) is 4.90 Å². The van der Waals surface area contributed by atoms with Crippen LogP contribution < -0.4 is 0 Å². The first kappa shape index (κ1) is 15.2. The molecule has 0 N–H and O–H groups in total. The summed E-state index contributed by atoms with van der Waals surface area (Å²) in [5, 5.41) is 0. The summed E-state index contributed by atoms with van der Waals surface area (Å²) >= 11 is 0. The van der Waals surface area contributed by atoms with E-state index in [1.165, 1.54) is 6.92 Å². The average Bonchev–Trinajstić information content (AvgIpc) is 2.59. The van der Waals surface area contributed by atoms with Gasteiger partial charge in [-0.05, 0) is 13.3 Å². The number of amides is 1. The molecule has 0 spiro atoms. The maximum absolute atomic E-state index is 12.9. The predicted octanol–water partition coefficient (Wildman–Crippen LogP) is 0.922. The standard InChI is InChI=1S/C9H13F4NO3S/c1-2-14(6-3-4-18(16,17)5-6)8(15)9(12,13)7(10)11/h6-7H,2-5H2,1H3. The quantitative estimate of drug-likeness (QED) is 0.724. The number of nitrogens with zero attached hydrogens (tertiary/aromatic N) is 1. The minimum absolute atomic E-state index is 0.00122. The highest BCUT2D eigenvalue weighted by molar-refractivity contribution is 7.91. The fourth-order valence-corrected chi connectivity index (χ4v) is 3.60. The number of halogens is 4. The van der Waals surface area contributed by atoms with Gasteiger partial charge in [0.2, 0.25) is 0 Å². The Bertz CT molecular complexity index is 424. The van der Waals surface area contributed by atoms with Crippen LogP contribution in [0, 0.1) is 0 Å². The fourth-order valence-electron chi connectivity index (χ4n) is 1.87. The van der Waals surface area contributed by atoms with Crippen molar-refractivity contribution in [3.8, 4) is 0 Å². The van der Waals surface area contributed by atoms with Crippen molar-refractivity contribution in [2.24, 2.45) is 0 Å². The molecular formula is C9H13F4NO3S. The molecule has 4 nitrogen and oxygen atoms in total. The lowest BCUT2D eigenvalue weighted by atomic mass is 10.2. The van der Waals surface area contributed by atoms with Crippen LogP contribution in [0.15, 0.2) is 0 Å². The first-order valence-electron chi connectivity index (χ1n) is 5.29. The number of carbonyl (C=O) groups is 1. The van der Waals surface area contributed by atoms with E-state index in [4.69, 9.17) is 0 Å². The molecule has 106 valence electrons. The first-order valence-corrected chi connectivity index (χ1v) is 7.11. The molecule has 0 bridgehead atoms. The minimum atomic E-state index is -4.78. The molecule has 1 aliphatic heterocycles. The van der Waals surface area contributed by atoms with Crippen LogP contribution in [0.5, 0.6) is 0 Å². The Hall–Kier alpha value is -0.860. The molecule has 18 heavy (non-hydrogen) atoms. The van der Waals surface area contributed by atoms with Gasteiger partial charge >= 0.3 is 12.3 Å². The van der Waals surface area contributed by atoms with E-state index >= 15 is 0 Å². The van der Waals surface area contributed by atoms with Crippen LogP contribution in [0.2, 0.25) is 0 Å². The van der Waals surface area contributed by atoms with Crippen LogP contribution in [0.3, 0.4) is 0 Å². The van der Waals surface area contributed by atoms with E-state index in [0.717, 1.165) is 0 Å². The van der Waals surface area contributed by atoms with Crippen molar-refractivity contribution in [2.75, 3.05) is 18.1 Å². The largest absolute Gasteiger partial charge is 0.383 e. The Labute approximate surface area is 102 Å². The monoisotopic (exact) mass is 291 g/mol. The molecule has 0 aromatic carbocycles. The van der Waals surface area contributed by atoms with Crippen molar-refractivity contribution < 1.29 is 30.8 Å². The summed E-state index contributed by atoms with van der Waals surface area (Å²) in [6.07, 6.45) is -4.10. The number of sulfone groups is 1. The fraction of sp³-hybridized carbons (Fsp3) is 0.889. The molecule has 1 unspecified atom stereocenters. The number of rotatable bonds is 4. The lowest BCUT2D eigenvalue weighted by Gasteiger charge is -2.30. The first-order chi connectivity index (χ1) is 8.12. The molecule has 0 saturated carbocycles. The van der Waals surface area contributed by atoms with E-state index in [1.807, 2.05) is 0 Å². The Morgan fingerprint density at radius 3 is 2.33 bits per heavy atom. The molecule has 9 heteroatoms. The van der Waals surface area contributed by atoms with Gasteiger partial charge in [-0.1, -0.05) is 0 Å². The van der Waals surface area contributed by atoms with Crippen LogP contribution in [-0.4, -0.2) is 55.7 Å². The van der Waals surface area contributed by atoms with Crippen molar-refractivity contribution in [3.05, 3.63) is 0 Å². The molecule has 1 atom stereocenters. The molecule has 0 aliphatic carbocycles. The van der Waals surface area contributed by atoms with Gasteiger partial charge in [-0.3, -0.25) is 4.79 Å². The van der Waals surface area contributed by atoms with Crippen LogP contribution in [0.4, 0.5) is 17.6 Å². The second kappa shape index (κ2) is 5.02. The van der Waals surface area contributed by atoms with Crippen LogP contribution >= 0.6 is 0 Å². The molecule has 0 aromatic rings. The molecule has 1 rings (SSSR count). The van der Waals surface area contributed by atoms with Gasteiger partial charge in [0.05, 0.1) is 11.5 Å². The van der Waals surface area contributed by atoms with Gasteiger partial charge < -0.3 is 4.90 Å². The van der Waals surface area contributed by atoms with Crippen molar-refractivity contribution in [1.82, 2.24) is 4.90 Å². The van der Waals surface area contributed by atoms with Crippen LogP contribution in [0.25, 0.3) is 0 Å². The van der Waals surface area contributed by atoms with Gasteiger partial charge in [-0.25, -0.2) is 17.2 Å². The van der Waals surface area contributed by atoms with Gasteiger partial charge in [-0.2, -0.15) is 8.78 Å². The summed E-state index contributed by atoms with van der Waals surface area (Å²) in [7, 11) is -3.38. The van der Waals surface area contributed by atoms with Gasteiger partial charge in [-0.15, -0.1) is 0 Å². The highest BCUT2D eigenvalue weighted by atomic mass is 32.2. The molecular weight excluding hydrogens is 278 g/mol. The lowest BCUT2D eigenvalue weighted by molar-refractivity contribution is -0.182. The SMILES string of the molecule is CCN(C(=O)C(F)(F)C(F)F)C1CCS(=O)(=O)C1. The second-order valence-electron chi connectivity index (χ2n) is 4.07. The van der Waals surface area contributed by atoms with Gasteiger partial charge in [0.15, 0.2) is 9.84 Å². The third kappa shape index (κ3) is 2.93. The van der Waals surface area contributed by atoms with E-state index < -0.39 is 39.9 Å². The van der Waals surface area contributed by atoms with Crippen molar-refractivity contribution in [3.63, 3.8) is 0 Å². The summed E-state index contributed by atoms with van der Waals surface area (Å²) in [6.45, 7) is 1.10. The third-order valence-corrected chi connectivity index (χ3v) is 4.56. The Balaban J connectivity index is 2.89. The number of hydrogen-bond acceptors (Lipinski definition) is 3. The van der Waals surface area contributed by atoms with E-state index in [2.05, 4.69) is 0 Å². The smallest absolute Gasteiger partial charge is 0.334 e. The highest BCUT2D eigenvalue weighted by Gasteiger charge is 2.52. The summed E-state index contributed by atoms with van der Waals surface area (Å²) in [5.74, 6) is -7.46. The zero-order valence-corrected chi connectivity index (χ0v) is 10.4. The number of alkyl halides is 4. The Morgan fingerprint density at radius 1 is 1.44 bits per heavy atom. The lowest BCUT2D eigenvalue weighted by Crippen LogP contribution is -2.52. The van der Waals surface area contributed by atoms with Gasteiger partial charge in [0.1, 0.15) is 0 Å². The summed E-state index contributed by atoms with van der Waals surface area (Å²) in [4.78, 5) is 11.9. The molecule has 0 radical (unpaired) electrons.